The Bertz CT molecular complexity index is 935. The van der Waals surface area contributed by atoms with E-state index in [9.17, 15) is 15.0 Å². The number of aromatic nitrogens is 2. The zero-order valence-corrected chi connectivity index (χ0v) is 13.5. The molecule has 7 nitrogen and oxygen atoms in total. The van der Waals surface area contributed by atoms with Crippen molar-refractivity contribution in [3.05, 3.63) is 64.8 Å². The van der Waals surface area contributed by atoms with Crippen molar-refractivity contribution in [1.29, 1.82) is 0 Å². The highest BCUT2D eigenvalue weighted by molar-refractivity contribution is 6.30. The highest BCUT2D eigenvalue weighted by Gasteiger charge is 2.10. The standard InChI is InChI=1S/C17H13ClN4O3/c18-12-4-1-10(2-5-12)14-8-15(21-20-14)17(25)22-19-9-11-3-6-13(23)7-16(11)24/h1-9,23-24H,(H,20,21)(H,22,25)/b19-9-. The first-order valence-electron chi connectivity index (χ1n) is 7.19. The molecule has 3 rings (SSSR count). The molecule has 0 fully saturated rings. The number of nitrogens with zero attached hydrogens (tertiary/aromatic N) is 2. The van der Waals surface area contributed by atoms with E-state index in [0.29, 0.717) is 16.3 Å². The van der Waals surface area contributed by atoms with Crippen LogP contribution in [0, 0.1) is 0 Å². The summed E-state index contributed by atoms with van der Waals surface area (Å²) in [5, 5.41) is 30.0. The van der Waals surface area contributed by atoms with Gasteiger partial charge in [-0.05, 0) is 30.3 Å². The lowest BCUT2D eigenvalue weighted by molar-refractivity contribution is 0.0950. The first kappa shape index (κ1) is 16.5. The van der Waals surface area contributed by atoms with Crippen molar-refractivity contribution in [3.63, 3.8) is 0 Å². The van der Waals surface area contributed by atoms with Gasteiger partial charge in [-0.25, -0.2) is 5.43 Å². The predicted octanol–water partition coefficient (Wildman–Crippen LogP) is 2.91. The number of amides is 1. The molecule has 0 aliphatic rings. The van der Waals surface area contributed by atoms with E-state index in [1.165, 1.54) is 24.4 Å². The average molecular weight is 357 g/mol. The van der Waals surface area contributed by atoms with Gasteiger partial charge in [-0.3, -0.25) is 9.89 Å². The van der Waals surface area contributed by atoms with Crippen molar-refractivity contribution < 1.29 is 15.0 Å². The fourth-order valence-corrected chi connectivity index (χ4v) is 2.19. The molecule has 2 aromatic carbocycles. The van der Waals surface area contributed by atoms with Gasteiger partial charge < -0.3 is 10.2 Å². The van der Waals surface area contributed by atoms with Crippen LogP contribution in [-0.2, 0) is 0 Å². The highest BCUT2D eigenvalue weighted by atomic mass is 35.5. The topological polar surface area (TPSA) is 111 Å². The average Bonchev–Trinajstić information content (AvgIpc) is 3.07. The quantitative estimate of drug-likeness (QED) is 0.425. The predicted molar refractivity (Wildman–Crippen MR) is 93.9 cm³/mol. The molecule has 0 saturated heterocycles. The summed E-state index contributed by atoms with van der Waals surface area (Å²) >= 11 is 5.84. The fraction of sp³-hybridized carbons (Fsp3) is 0. The lowest BCUT2D eigenvalue weighted by Gasteiger charge is -1.99. The number of nitrogens with one attached hydrogen (secondary N) is 2. The second kappa shape index (κ2) is 7.06. The summed E-state index contributed by atoms with van der Waals surface area (Å²) in [6, 6.07) is 12.7. The van der Waals surface area contributed by atoms with Crippen LogP contribution in [-0.4, -0.2) is 32.5 Å². The number of hydrogen-bond acceptors (Lipinski definition) is 5. The molecule has 0 saturated carbocycles. The molecule has 0 spiro atoms. The Morgan fingerprint density at radius 3 is 2.64 bits per heavy atom. The van der Waals surface area contributed by atoms with Gasteiger partial charge in [0.15, 0.2) is 0 Å². The number of carbonyl (C=O) groups excluding carboxylic acids is 1. The summed E-state index contributed by atoms with van der Waals surface area (Å²) in [7, 11) is 0. The molecule has 126 valence electrons. The number of hydrogen-bond donors (Lipinski definition) is 4. The zero-order valence-electron chi connectivity index (χ0n) is 12.8. The minimum absolute atomic E-state index is 0.0640. The van der Waals surface area contributed by atoms with Gasteiger partial charge in [0.05, 0.1) is 11.9 Å². The third kappa shape index (κ3) is 3.96. The summed E-state index contributed by atoms with van der Waals surface area (Å²) in [4.78, 5) is 12.1. The van der Waals surface area contributed by atoms with Gasteiger partial charge in [0.25, 0.3) is 5.91 Å². The molecule has 0 aliphatic carbocycles. The van der Waals surface area contributed by atoms with Crippen molar-refractivity contribution in [3.8, 4) is 22.8 Å². The Hall–Kier alpha value is -3.32. The monoisotopic (exact) mass is 356 g/mol. The van der Waals surface area contributed by atoms with E-state index in [4.69, 9.17) is 11.6 Å². The van der Waals surface area contributed by atoms with Gasteiger partial charge in [-0.1, -0.05) is 23.7 Å². The molecule has 1 aromatic heterocycles. The number of halogens is 1. The van der Waals surface area contributed by atoms with Crippen LogP contribution >= 0.6 is 11.6 Å². The summed E-state index contributed by atoms with van der Waals surface area (Å²) in [5.41, 5.74) is 4.33. The largest absolute Gasteiger partial charge is 0.508 e. The molecule has 0 aliphatic heterocycles. The minimum atomic E-state index is -0.484. The number of phenolic OH excluding ortho intramolecular Hbond substituents is 2. The van der Waals surface area contributed by atoms with Crippen LogP contribution in [0.3, 0.4) is 0 Å². The molecule has 4 N–H and O–H groups in total. The molecule has 0 radical (unpaired) electrons. The lowest BCUT2D eigenvalue weighted by Crippen LogP contribution is -2.18. The SMILES string of the molecule is O=C(N/N=C\c1ccc(O)cc1O)c1cc(-c2ccc(Cl)cc2)n[nH]1. The third-order valence-electron chi connectivity index (χ3n) is 3.35. The van der Waals surface area contributed by atoms with Gasteiger partial charge in [0, 0.05) is 22.2 Å². The van der Waals surface area contributed by atoms with E-state index in [1.54, 1.807) is 30.3 Å². The maximum atomic E-state index is 12.1. The van der Waals surface area contributed by atoms with Gasteiger partial charge in [-0.15, -0.1) is 0 Å². The first-order chi connectivity index (χ1) is 12.0. The first-order valence-corrected chi connectivity index (χ1v) is 7.57. The third-order valence-corrected chi connectivity index (χ3v) is 3.60. The molecular formula is C17H13ClN4O3. The fourth-order valence-electron chi connectivity index (χ4n) is 2.07. The molecule has 1 heterocycles. The zero-order chi connectivity index (χ0) is 17.8. The number of carbonyl (C=O) groups is 1. The van der Waals surface area contributed by atoms with Crippen LogP contribution in [0.2, 0.25) is 5.02 Å². The van der Waals surface area contributed by atoms with E-state index in [-0.39, 0.29) is 17.2 Å². The highest BCUT2D eigenvalue weighted by Crippen LogP contribution is 2.21. The van der Waals surface area contributed by atoms with Crippen molar-refractivity contribution >= 4 is 23.7 Å². The van der Waals surface area contributed by atoms with Crippen LogP contribution in [0.1, 0.15) is 16.1 Å². The number of hydrazone groups is 1. The van der Waals surface area contributed by atoms with Gasteiger partial charge in [0.2, 0.25) is 0 Å². The summed E-state index contributed by atoms with van der Waals surface area (Å²) in [6.07, 6.45) is 1.27. The minimum Gasteiger partial charge on any atom is -0.508 e. The number of rotatable bonds is 4. The number of phenols is 2. The van der Waals surface area contributed by atoms with Crippen LogP contribution in [0.25, 0.3) is 11.3 Å². The smallest absolute Gasteiger partial charge is 0.289 e. The van der Waals surface area contributed by atoms with Crippen LogP contribution in [0.4, 0.5) is 0 Å². The van der Waals surface area contributed by atoms with Gasteiger partial charge in [0.1, 0.15) is 17.2 Å². The molecule has 1 amide bonds. The second-order valence-electron chi connectivity index (χ2n) is 5.12. The van der Waals surface area contributed by atoms with E-state index in [2.05, 4.69) is 20.7 Å². The van der Waals surface area contributed by atoms with Crippen LogP contribution < -0.4 is 5.43 Å². The van der Waals surface area contributed by atoms with E-state index in [1.807, 2.05) is 0 Å². The molecule has 8 heteroatoms. The Labute approximate surface area is 147 Å². The number of aromatic hydroxyl groups is 2. The number of benzene rings is 2. The molecule has 0 atom stereocenters. The number of aromatic amines is 1. The Morgan fingerprint density at radius 1 is 1.16 bits per heavy atom. The normalized spacial score (nSPS) is 10.9. The van der Waals surface area contributed by atoms with Crippen LogP contribution in [0.15, 0.2) is 53.6 Å². The molecule has 0 unspecified atom stereocenters. The molecule has 3 aromatic rings. The Kier molecular flexibility index (Phi) is 4.67. The molecule has 0 bridgehead atoms. The Morgan fingerprint density at radius 2 is 1.92 bits per heavy atom. The Balaban J connectivity index is 1.67. The maximum Gasteiger partial charge on any atom is 0.289 e. The van der Waals surface area contributed by atoms with Crippen molar-refractivity contribution in [2.24, 2.45) is 5.10 Å². The van der Waals surface area contributed by atoms with Crippen LogP contribution in [0.5, 0.6) is 11.5 Å². The van der Waals surface area contributed by atoms with Crippen molar-refractivity contribution in [2.75, 3.05) is 0 Å². The van der Waals surface area contributed by atoms with Gasteiger partial charge >= 0.3 is 0 Å². The summed E-state index contributed by atoms with van der Waals surface area (Å²) < 4.78 is 0. The second-order valence-corrected chi connectivity index (χ2v) is 5.55. The van der Waals surface area contributed by atoms with E-state index < -0.39 is 5.91 Å². The van der Waals surface area contributed by atoms with Crippen molar-refractivity contribution in [2.45, 2.75) is 0 Å². The molecule has 25 heavy (non-hydrogen) atoms. The maximum absolute atomic E-state index is 12.1. The van der Waals surface area contributed by atoms with E-state index in [0.717, 1.165) is 5.56 Å². The van der Waals surface area contributed by atoms with Crippen molar-refractivity contribution in [1.82, 2.24) is 15.6 Å². The lowest BCUT2D eigenvalue weighted by atomic mass is 10.1. The number of H-pyrrole nitrogens is 1. The summed E-state index contributed by atoms with van der Waals surface area (Å²) in [5.74, 6) is -0.697. The molecular weight excluding hydrogens is 344 g/mol. The van der Waals surface area contributed by atoms with E-state index >= 15 is 0 Å². The van der Waals surface area contributed by atoms with Gasteiger partial charge in [-0.2, -0.15) is 10.2 Å². The summed E-state index contributed by atoms with van der Waals surface area (Å²) in [6.45, 7) is 0.